The number of sulfone groups is 1. The minimum Gasteiger partial charge on any atom is -0.506 e. The zero-order chi connectivity index (χ0) is 32.3. The van der Waals surface area contributed by atoms with Crippen LogP contribution in [0.25, 0.3) is 0 Å². The molecule has 43 heavy (non-hydrogen) atoms. The lowest BCUT2D eigenvalue weighted by Gasteiger charge is -2.18. The average Bonchev–Trinajstić information content (AvgIpc) is 2.96. The monoisotopic (exact) mass is 687 g/mol. The van der Waals surface area contributed by atoms with Crippen molar-refractivity contribution in [2.75, 3.05) is 22.9 Å². The molecule has 0 aliphatic rings. The second-order valence-electron chi connectivity index (χ2n) is 8.67. The van der Waals surface area contributed by atoms with Crippen molar-refractivity contribution in [3.63, 3.8) is 0 Å². The maximum absolute atomic E-state index is 13.3. The van der Waals surface area contributed by atoms with Crippen molar-refractivity contribution < 1.29 is 27.9 Å². The first-order chi connectivity index (χ1) is 20.3. The third-order valence-electron chi connectivity index (χ3n) is 5.71. The van der Waals surface area contributed by atoms with Gasteiger partial charge in [0.15, 0.2) is 9.84 Å². The molecule has 232 valence electrons. The number of benzene rings is 3. The van der Waals surface area contributed by atoms with E-state index in [4.69, 9.17) is 34.8 Å². The molecule has 3 rings (SSSR count). The van der Waals surface area contributed by atoms with Gasteiger partial charge in [-0.25, -0.2) is 8.42 Å². The van der Waals surface area contributed by atoms with Crippen LogP contribution in [-0.2, 0) is 19.4 Å². The van der Waals surface area contributed by atoms with Crippen LogP contribution in [-0.4, -0.2) is 48.8 Å². The third-order valence-corrected chi connectivity index (χ3v) is 10.00. The van der Waals surface area contributed by atoms with Crippen LogP contribution in [0.1, 0.15) is 44.5 Å². The number of hydrogen-bond acceptors (Lipinski definition) is 7. The maximum Gasteiger partial charge on any atom is 0.255 e. The Morgan fingerprint density at radius 2 is 1.53 bits per heavy atom. The summed E-state index contributed by atoms with van der Waals surface area (Å²) in [6.07, 6.45) is -0.0250. The quantitative estimate of drug-likeness (QED) is 0.0961. The lowest BCUT2D eigenvalue weighted by Crippen LogP contribution is -2.34. The predicted octanol–water partition coefficient (Wildman–Crippen LogP) is 7.05. The Kier molecular flexibility index (Phi) is 14.1. The SMILES string of the molecule is CC.CCC(C(=O)Nc1cc(O)c(NC(=O)c2ccc(Cl)c(Cl)c2)cc1Cl)S(=O)(=O)c1ccc(SCCNC(C)=O)cc1. The van der Waals surface area contributed by atoms with Gasteiger partial charge in [0.1, 0.15) is 11.0 Å². The molecule has 0 spiro atoms. The number of anilines is 2. The molecule has 0 heterocycles. The van der Waals surface area contributed by atoms with Gasteiger partial charge in [-0.2, -0.15) is 0 Å². The van der Waals surface area contributed by atoms with Gasteiger partial charge in [-0.1, -0.05) is 55.6 Å². The fourth-order valence-electron chi connectivity index (χ4n) is 3.63. The molecular weight excluding hydrogens is 657 g/mol. The van der Waals surface area contributed by atoms with E-state index in [0.717, 1.165) is 11.0 Å². The van der Waals surface area contributed by atoms with Crippen LogP contribution in [0.3, 0.4) is 0 Å². The smallest absolute Gasteiger partial charge is 0.255 e. The number of carbonyl (C=O) groups is 3. The molecule has 3 aromatic rings. The summed E-state index contributed by atoms with van der Waals surface area (Å²) in [7, 11) is -4.07. The number of amides is 3. The molecule has 0 bridgehead atoms. The zero-order valence-corrected chi connectivity index (χ0v) is 27.7. The van der Waals surface area contributed by atoms with Gasteiger partial charge in [0.2, 0.25) is 11.8 Å². The van der Waals surface area contributed by atoms with E-state index in [9.17, 15) is 27.9 Å². The topological polar surface area (TPSA) is 142 Å². The minimum absolute atomic E-state index is 0.0250. The summed E-state index contributed by atoms with van der Waals surface area (Å²) in [4.78, 5) is 37.4. The fraction of sp³-hybridized carbons (Fsp3) is 0.276. The number of rotatable bonds is 11. The van der Waals surface area contributed by atoms with Gasteiger partial charge in [0.05, 0.1) is 31.3 Å². The van der Waals surface area contributed by atoms with Crippen LogP contribution in [0.5, 0.6) is 5.75 Å². The first-order valence-corrected chi connectivity index (χ1v) is 16.8. The number of phenolic OH excluding ortho intramolecular Hbond substituents is 1. The molecule has 1 atom stereocenters. The van der Waals surface area contributed by atoms with E-state index >= 15 is 0 Å². The van der Waals surface area contributed by atoms with Crippen molar-refractivity contribution in [1.82, 2.24) is 5.32 Å². The Bertz CT molecular complexity index is 1570. The van der Waals surface area contributed by atoms with Gasteiger partial charge < -0.3 is 21.1 Å². The van der Waals surface area contributed by atoms with E-state index < -0.39 is 32.7 Å². The lowest BCUT2D eigenvalue weighted by molar-refractivity contribution is -0.119. The van der Waals surface area contributed by atoms with Crippen LogP contribution in [0, 0.1) is 0 Å². The van der Waals surface area contributed by atoms with Crippen LogP contribution in [0.4, 0.5) is 11.4 Å². The lowest BCUT2D eigenvalue weighted by atomic mass is 10.2. The minimum atomic E-state index is -4.07. The number of nitrogens with one attached hydrogen (secondary N) is 3. The second-order valence-corrected chi connectivity index (χ2v) is 13.2. The molecule has 14 heteroatoms. The maximum atomic E-state index is 13.3. The molecule has 0 saturated heterocycles. The summed E-state index contributed by atoms with van der Waals surface area (Å²) >= 11 is 19.6. The van der Waals surface area contributed by atoms with Crippen molar-refractivity contribution in [2.24, 2.45) is 0 Å². The first kappa shape index (κ1) is 36.2. The third kappa shape index (κ3) is 10.0. The molecule has 9 nitrogen and oxygen atoms in total. The van der Waals surface area contributed by atoms with Crippen molar-refractivity contribution in [2.45, 2.75) is 49.2 Å². The molecule has 0 aliphatic carbocycles. The summed E-state index contributed by atoms with van der Waals surface area (Å²) in [5, 5.41) is 17.1. The molecule has 3 aromatic carbocycles. The molecule has 0 saturated carbocycles. The highest BCUT2D eigenvalue weighted by atomic mass is 35.5. The number of carbonyl (C=O) groups excluding carboxylic acids is 3. The Morgan fingerprint density at radius 1 is 0.884 bits per heavy atom. The Morgan fingerprint density at radius 3 is 2.12 bits per heavy atom. The molecule has 0 aromatic heterocycles. The van der Waals surface area contributed by atoms with Crippen LogP contribution >= 0.6 is 46.6 Å². The van der Waals surface area contributed by atoms with E-state index in [1.807, 2.05) is 13.8 Å². The van der Waals surface area contributed by atoms with Gasteiger partial charge in [-0.05, 0) is 55.0 Å². The molecule has 4 N–H and O–H groups in total. The molecule has 3 amide bonds. The van der Waals surface area contributed by atoms with Gasteiger partial charge in [-0.15, -0.1) is 11.8 Å². The molecule has 0 radical (unpaired) electrons. The number of hydrogen-bond donors (Lipinski definition) is 4. The predicted molar refractivity (Wildman–Crippen MR) is 175 cm³/mol. The number of phenols is 1. The van der Waals surface area contributed by atoms with E-state index in [1.165, 1.54) is 55.1 Å². The van der Waals surface area contributed by atoms with Crippen molar-refractivity contribution in [1.29, 1.82) is 0 Å². The van der Waals surface area contributed by atoms with Gasteiger partial charge in [0, 0.05) is 35.7 Å². The second kappa shape index (κ2) is 16.8. The van der Waals surface area contributed by atoms with Crippen LogP contribution in [0.2, 0.25) is 15.1 Å². The van der Waals surface area contributed by atoms with Gasteiger partial charge in [-0.3, -0.25) is 14.4 Å². The normalized spacial score (nSPS) is 11.5. The number of thioether (sulfide) groups is 1. The van der Waals surface area contributed by atoms with Crippen molar-refractivity contribution in [3.05, 3.63) is 75.2 Å². The summed E-state index contributed by atoms with van der Waals surface area (Å²) < 4.78 is 26.6. The summed E-state index contributed by atoms with van der Waals surface area (Å²) in [6, 6.07) is 12.7. The van der Waals surface area contributed by atoms with Crippen LogP contribution < -0.4 is 16.0 Å². The van der Waals surface area contributed by atoms with E-state index in [2.05, 4.69) is 16.0 Å². The standard InChI is InChI=1S/C27H26Cl3N3O6S2.C2H6/c1-3-25(41(38,39)18-7-5-17(6-8-18)40-11-10-31-15(2)34)27(37)32-22-14-24(35)23(13-21(22)30)33-26(36)16-4-9-19(28)20(29)12-16;1-2/h4-9,12-14,25,35H,3,10-11H2,1-2H3,(H,31,34)(H,32,37)(H,33,36);1-2H3. The Labute approximate surface area is 270 Å². The number of halogens is 3. The van der Waals surface area contributed by atoms with E-state index in [1.54, 1.807) is 19.1 Å². The summed E-state index contributed by atoms with van der Waals surface area (Å²) in [5.41, 5.74) is 0.0972. The summed E-state index contributed by atoms with van der Waals surface area (Å²) in [5.74, 6) is -1.37. The molecular formula is C29H32Cl3N3O6S2. The van der Waals surface area contributed by atoms with Crippen molar-refractivity contribution in [3.8, 4) is 5.75 Å². The average molecular weight is 689 g/mol. The highest BCUT2D eigenvalue weighted by Crippen LogP contribution is 2.35. The summed E-state index contributed by atoms with van der Waals surface area (Å²) in [6.45, 7) is 7.46. The van der Waals surface area contributed by atoms with E-state index in [0.29, 0.717) is 12.3 Å². The fourth-order valence-corrected chi connectivity index (χ4v) is 6.54. The largest absolute Gasteiger partial charge is 0.506 e. The zero-order valence-electron chi connectivity index (χ0n) is 23.8. The Hall–Kier alpha value is -2.96. The Balaban J connectivity index is 0.00000316. The number of aromatic hydroxyl groups is 1. The van der Waals surface area contributed by atoms with Gasteiger partial charge in [0.25, 0.3) is 5.91 Å². The highest BCUT2D eigenvalue weighted by molar-refractivity contribution is 7.99. The van der Waals surface area contributed by atoms with Crippen LogP contribution in [0.15, 0.2) is 64.4 Å². The van der Waals surface area contributed by atoms with Gasteiger partial charge >= 0.3 is 0 Å². The molecule has 0 aliphatic heterocycles. The molecule has 1 unspecified atom stereocenters. The van der Waals surface area contributed by atoms with E-state index in [-0.39, 0.29) is 49.2 Å². The molecule has 0 fully saturated rings. The highest BCUT2D eigenvalue weighted by Gasteiger charge is 2.33. The van der Waals surface area contributed by atoms with Crippen molar-refractivity contribution >= 4 is 85.5 Å². The first-order valence-electron chi connectivity index (χ1n) is 13.1.